The molecule has 0 amide bonds. The molecule has 2 aromatic heterocycles. The van der Waals surface area contributed by atoms with Gasteiger partial charge in [0.05, 0.1) is 19.6 Å². The van der Waals surface area contributed by atoms with Crippen LogP contribution >= 0.6 is 0 Å². The zero-order chi connectivity index (χ0) is 16.2. The van der Waals surface area contributed by atoms with Crippen molar-refractivity contribution in [2.45, 2.75) is 13.0 Å². The first kappa shape index (κ1) is 15.0. The van der Waals surface area contributed by atoms with Gasteiger partial charge in [-0.1, -0.05) is 23.4 Å². The number of hydrogen-bond acceptors (Lipinski definition) is 7. The molecule has 0 aliphatic carbocycles. The second-order valence-corrected chi connectivity index (χ2v) is 5.71. The average molecular weight is 326 g/mol. The fraction of sp³-hybridized carbons (Fsp3) is 0.375. The molecule has 124 valence electrons. The minimum absolute atomic E-state index is 0.445. The maximum absolute atomic E-state index is 5.39. The monoisotopic (exact) mass is 326 g/mol. The van der Waals surface area contributed by atoms with Gasteiger partial charge in [0.15, 0.2) is 0 Å². The number of nitrogens with one attached hydrogen (secondary N) is 1. The van der Waals surface area contributed by atoms with Crippen LogP contribution in [0.15, 0.2) is 35.1 Å². The lowest BCUT2D eigenvalue weighted by atomic mass is 10.1. The lowest BCUT2D eigenvalue weighted by molar-refractivity contribution is 0.0342. The third-order valence-electron chi connectivity index (χ3n) is 3.95. The Morgan fingerprint density at radius 1 is 1.21 bits per heavy atom. The number of rotatable bonds is 5. The van der Waals surface area contributed by atoms with Crippen molar-refractivity contribution in [3.63, 3.8) is 0 Å². The van der Waals surface area contributed by atoms with Gasteiger partial charge in [0.25, 0.3) is 0 Å². The Bertz CT molecular complexity index is 779. The van der Waals surface area contributed by atoms with E-state index in [2.05, 4.69) is 42.4 Å². The maximum Gasteiger partial charge on any atom is 0.234 e. The third kappa shape index (κ3) is 3.50. The highest BCUT2D eigenvalue weighted by Crippen LogP contribution is 2.19. The fourth-order valence-corrected chi connectivity index (χ4v) is 2.73. The van der Waals surface area contributed by atoms with E-state index in [9.17, 15) is 0 Å². The van der Waals surface area contributed by atoms with Crippen molar-refractivity contribution in [2.75, 3.05) is 26.3 Å². The van der Waals surface area contributed by atoms with Crippen molar-refractivity contribution >= 4 is 0 Å². The van der Waals surface area contributed by atoms with Crippen LogP contribution in [0, 0.1) is 0 Å². The van der Waals surface area contributed by atoms with Gasteiger partial charge in [-0.2, -0.15) is 10.1 Å². The summed E-state index contributed by atoms with van der Waals surface area (Å²) in [5.41, 5.74) is 2.18. The van der Waals surface area contributed by atoms with Gasteiger partial charge in [-0.25, -0.2) is 4.98 Å². The van der Waals surface area contributed by atoms with Gasteiger partial charge in [-0.15, -0.1) is 0 Å². The number of benzene rings is 1. The van der Waals surface area contributed by atoms with E-state index in [0.29, 0.717) is 24.0 Å². The van der Waals surface area contributed by atoms with Crippen molar-refractivity contribution in [3.8, 4) is 11.4 Å². The molecule has 0 bridgehead atoms. The molecule has 0 spiro atoms. The highest BCUT2D eigenvalue weighted by atomic mass is 16.5. The van der Waals surface area contributed by atoms with E-state index >= 15 is 0 Å². The zero-order valence-corrected chi connectivity index (χ0v) is 13.2. The Kier molecular flexibility index (Phi) is 4.30. The summed E-state index contributed by atoms with van der Waals surface area (Å²) in [7, 11) is 0. The van der Waals surface area contributed by atoms with Crippen LogP contribution in [0.5, 0.6) is 0 Å². The second-order valence-electron chi connectivity index (χ2n) is 5.71. The van der Waals surface area contributed by atoms with Crippen molar-refractivity contribution in [1.29, 1.82) is 0 Å². The molecule has 0 atom stereocenters. The van der Waals surface area contributed by atoms with Gasteiger partial charge in [0.1, 0.15) is 12.2 Å². The molecular formula is C16H18N6O2. The van der Waals surface area contributed by atoms with Crippen LogP contribution in [0.25, 0.3) is 11.4 Å². The van der Waals surface area contributed by atoms with Crippen LogP contribution < -0.4 is 0 Å². The van der Waals surface area contributed by atoms with E-state index in [-0.39, 0.29) is 0 Å². The van der Waals surface area contributed by atoms with Crippen molar-refractivity contribution < 1.29 is 9.26 Å². The zero-order valence-electron chi connectivity index (χ0n) is 13.2. The van der Waals surface area contributed by atoms with Crippen LogP contribution in [0.3, 0.4) is 0 Å². The molecule has 3 aromatic rings. The van der Waals surface area contributed by atoms with Gasteiger partial charge in [0.2, 0.25) is 11.7 Å². The van der Waals surface area contributed by atoms with E-state index in [1.54, 1.807) is 0 Å². The van der Waals surface area contributed by atoms with Gasteiger partial charge in [0, 0.05) is 25.2 Å². The molecule has 0 saturated carbocycles. The molecule has 1 saturated heterocycles. The predicted octanol–water partition coefficient (Wildman–Crippen LogP) is 1.28. The van der Waals surface area contributed by atoms with Crippen molar-refractivity contribution in [1.82, 2.24) is 30.2 Å². The molecule has 0 radical (unpaired) electrons. The SMILES string of the molecule is c1cc(CN2CCOCC2)cc(-c2noc(Cc3ncn[nH]3)n2)c1. The summed E-state index contributed by atoms with van der Waals surface area (Å²) in [6.07, 6.45) is 1.90. The second kappa shape index (κ2) is 6.90. The van der Waals surface area contributed by atoms with E-state index in [0.717, 1.165) is 38.4 Å². The van der Waals surface area contributed by atoms with Gasteiger partial charge in [-0.3, -0.25) is 10.00 Å². The summed E-state index contributed by atoms with van der Waals surface area (Å²) in [6, 6.07) is 8.25. The van der Waals surface area contributed by atoms with Gasteiger partial charge >= 0.3 is 0 Å². The average Bonchev–Trinajstić information content (AvgIpc) is 3.29. The fourth-order valence-electron chi connectivity index (χ4n) is 2.73. The number of hydrogen-bond donors (Lipinski definition) is 1. The normalized spacial score (nSPS) is 15.7. The smallest absolute Gasteiger partial charge is 0.234 e. The minimum Gasteiger partial charge on any atom is -0.379 e. The molecule has 1 aliphatic rings. The molecule has 3 heterocycles. The van der Waals surface area contributed by atoms with Crippen LogP contribution in [0.4, 0.5) is 0 Å². The summed E-state index contributed by atoms with van der Waals surface area (Å²) in [6.45, 7) is 4.44. The number of H-pyrrole nitrogens is 1. The Labute approximate surface area is 138 Å². The Morgan fingerprint density at radius 3 is 2.96 bits per heavy atom. The summed E-state index contributed by atoms with van der Waals surface area (Å²) >= 11 is 0. The van der Waals surface area contributed by atoms with Crippen LogP contribution in [-0.2, 0) is 17.7 Å². The van der Waals surface area contributed by atoms with Crippen molar-refractivity contribution in [3.05, 3.63) is 47.9 Å². The van der Waals surface area contributed by atoms with Crippen molar-refractivity contribution in [2.24, 2.45) is 0 Å². The lowest BCUT2D eigenvalue weighted by Gasteiger charge is -2.26. The highest BCUT2D eigenvalue weighted by molar-refractivity contribution is 5.55. The van der Waals surface area contributed by atoms with E-state index in [4.69, 9.17) is 9.26 Å². The molecule has 1 aromatic carbocycles. The van der Waals surface area contributed by atoms with Crippen LogP contribution in [0.2, 0.25) is 0 Å². The summed E-state index contributed by atoms with van der Waals surface area (Å²) in [5.74, 6) is 1.81. The minimum atomic E-state index is 0.445. The summed E-state index contributed by atoms with van der Waals surface area (Å²) < 4.78 is 10.7. The van der Waals surface area contributed by atoms with E-state index in [1.165, 1.54) is 11.9 Å². The van der Waals surface area contributed by atoms with Gasteiger partial charge in [-0.05, 0) is 11.6 Å². The molecule has 24 heavy (non-hydrogen) atoms. The molecule has 8 nitrogen and oxygen atoms in total. The standard InChI is InChI=1S/C16H18N6O2/c1-2-12(10-22-4-6-23-7-5-22)8-13(3-1)16-19-15(24-21-16)9-14-17-11-18-20-14/h1-3,8,11H,4-7,9-10H2,(H,17,18,20). The number of ether oxygens (including phenoxy) is 1. The maximum atomic E-state index is 5.39. The number of aromatic nitrogens is 5. The Morgan fingerprint density at radius 2 is 2.12 bits per heavy atom. The van der Waals surface area contributed by atoms with Crippen LogP contribution in [0.1, 0.15) is 17.3 Å². The Hall–Kier alpha value is -2.58. The van der Waals surface area contributed by atoms with Gasteiger partial charge < -0.3 is 9.26 Å². The molecule has 1 fully saturated rings. The molecule has 8 heteroatoms. The topological polar surface area (TPSA) is 93.0 Å². The third-order valence-corrected chi connectivity index (χ3v) is 3.95. The number of nitrogens with zero attached hydrogens (tertiary/aromatic N) is 5. The lowest BCUT2D eigenvalue weighted by Crippen LogP contribution is -2.35. The number of aromatic amines is 1. The first-order valence-corrected chi connectivity index (χ1v) is 7.93. The summed E-state index contributed by atoms with van der Waals surface area (Å²) in [5, 5.41) is 10.7. The van der Waals surface area contributed by atoms with E-state index in [1.807, 2.05) is 12.1 Å². The highest BCUT2D eigenvalue weighted by Gasteiger charge is 2.13. The quantitative estimate of drug-likeness (QED) is 0.755. The van der Waals surface area contributed by atoms with E-state index < -0.39 is 0 Å². The molecule has 1 aliphatic heterocycles. The summed E-state index contributed by atoms with van der Waals surface area (Å²) in [4.78, 5) is 10.9. The Balaban J connectivity index is 1.47. The predicted molar refractivity (Wildman–Crippen MR) is 85.0 cm³/mol. The first-order valence-electron chi connectivity index (χ1n) is 7.93. The molecular weight excluding hydrogens is 308 g/mol. The number of morpholine rings is 1. The first-order chi connectivity index (χ1) is 11.9. The molecule has 1 N–H and O–H groups in total. The largest absolute Gasteiger partial charge is 0.379 e. The molecule has 4 rings (SSSR count). The van der Waals surface area contributed by atoms with Crippen LogP contribution in [-0.4, -0.2) is 56.5 Å². The molecule has 0 unspecified atom stereocenters.